The fourth-order valence-corrected chi connectivity index (χ4v) is 3.53. The number of fused-ring (bicyclic) bond motifs is 2. The molecule has 0 aromatic heterocycles. The van der Waals surface area contributed by atoms with Crippen LogP contribution in [0.5, 0.6) is 11.5 Å². The summed E-state index contributed by atoms with van der Waals surface area (Å²) in [5, 5.41) is 3.06. The van der Waals surface area contributed by atoms with Crippen LogP contribution in [0.15, 0.2) is 42.5 Å². The van der Waals surface area contributed by atoms with Gasteiger partial charge in [-0.2, -0.15) is 0 Å². The highest BCUT2D eigenvalue weighted by atomic mass is 16.5. The van der Waals surface area contributed by atoms with Crippen LogP contribution in [-0.2, 0) is 0 Å². The number of para-hydroxylation sites is 1. The van der Waals surface area contributed by atoms with Crippen molar-refractivity contribution in [2.45, 2.75) is 38.3 Å². The molecule has 0 aliphatic carbocycles. The molecule has 1 unspecified atom stereocenters. The van der Waals surface area contributed by atoms with Crippen molar-refractivity contribution in [2.24, 2.45) is 0 Å². The lowest BCUT2D eigenvalue weighted by Gasteiger charge is -2.31. The van der Waals surface area contributed by atoms with Crippen molar-refractivity contribution in [3.05, 3.63) is 59.2 Å². The third-order valence-electron chi connectivity index (χ3n) is 4.78. The van der Waals surface area contributed by atoms with E-state index in [1.807, 2.05) is 38.1 Å². The van der Waals surface area contributed by atoms with Crippen molar-refractivity contribution >= 4 is 11.7 Å². The van der Waals surface area contributed by atoms with E-state index >= 15 is 0 Å². The van der Waals surface area contributed by atoms with Crippen LogP contribution in [0.1, 0.15) is 59.0 Å². The van der Waals surface area contributed by atoms with E-state index in [1.54, 1.807) is 18.2 Å². The quantitative estimate of drug-likeness (QED) is 0.896. The molecular formula is C21H21NO4. The fourth-order valence-electron chi connectivity index (χ4n) is 3.53. The van der Waals surface area contributed by atoms with Gasteiger partial charge >= 0.3 is 0 Å². The first kappa shape index (κ1) is 16.6. The van der Waals surface area contributed by atoms with Crippen molar-refractivity contribution in [2.75, 3.05) is 6.61 Å². The fraction of sp³-hybridized carbons (Fsp3) is 0.333. The van der Waals surface area contributed by atoms with Crippen molar-refractivity contribution in [3.8, 4) is 11.5 Å². The Balaban J connectivity index is 1.57. The molecule has 26 heavy (non-hydrogen) atoms. The van der Waals surface area contributed by atoms with Gasteiger partial charge in [0, 0.05) is 17.5 Å². The van der Waals surface area contributed by atoms with Crippen molar-refractivity contribution in [1.82, 2.24) is 5.32 Å². The molecule has 5 nitrogen and oxygen atoms in total. The molecule has 0 fully saturated rings. The molecule has 0 bridgehead atoms. The number of carbonyl (C=O) groups excluding carboxylic acids is 2. The number of ether oxygens (including phenoxy) is 2. The first-order valence-corrected chi connectivity index (χ1v) is 8.82. The molecule has 5 heteroatoms. The van der Waals surface area contributed by atoms with E-state index in [4.69, 9.17) is 9.47 Å². The first-order valence-electron chi connectivity index (χ1n) is 8.82. The van der Waals surface area contributed by atoms with Crippen molar-refractivity contribution in [1.29, 1.82) is 0 Å². The lowest BCUT2D eigenvalue weighted by atomic mass is 9.92. The maximum atomic E-state index is 12.7. The second kappa shape index (κ2) is 6.16. The molecule has 1 N–H and O–H groups in total. The smallest absolute Gasteiger partial charge is 0.251 e. The third-order valence-corrected chi connectivity index (χ3v) is 4.78. The standard InChI is InChI=1S/C21H21NO4/c1-21(2)12-17(23)15-11-13(7-8-19(15)26-21)20(24)22-16-9-10-25-18-6-4-3-5-14(16)18/h3-8,11,16H,9-10,12H2,1-2H3,(H,22,24). The number of rotatable bonds is 2. The minimum absolute atomic E-state index is 0.00214. The summed E-state index contributed by atoms with van der Waals surface area (Å²) in [7, 11) is 0. The minimum Gasteiger partial charge on any atom is -0.493 e. The van der Waals surface area contributed by atoms with Crippen LogP contribution in [0.2, 0.25) is 0 Å². The van der Waals surface area contributed by atoms with Crippen LogP contribution in [-0.4, -0.2) is 23.9 Å². The highest BCUT2D eigenvalue weighted by molar-refractivity contribution is 6.03. The predicted octanol–water partition coefficient (Wildman–Crippen LogP) is 3.68. The summed E-state index contributed by atoms with van der Waals surface area (Å²) in [5.74, 6) is 1.15. The van der Waals surface area contributed by atoms with E-state index in [0.29, 0.717) is 36.3 Å². The molecule has 2 heterocycles. The van der Waals surface area contributed by atoms with E-state index < -0.39 is 5.60 Å². The summed E-state index contributed by atoms with van der Waals surface area (Å²) >= 11 is 0. The molecule has 2 aromatic carbocycles. The van der Waals surface area contributed by atoms with E-state index in [2.05, 4.69) is 5.32 Å². The number of carbonyl (C=O) groups is 2. The van der Waals surface area contributed by atoms with Gasteiger partial charge in [-0.15, -0.1) is 0 Å². The molecule has 2 aliphatic heterocycles. The number of benzene rings is 2. The zero-order valence-corrected chi connectivity index (χ0v) is 14.9. The highest BCUT2D eigenvalue weighted by Gasteiger charge is 2.33. The average Bonchev–Trinajstić information content (AvgIpc) is 2.61. The zero-order chi connectivity index (χ0) is 18.3. The molecule has 0 saturated carbocycles. The second-order valence-corrected chi connectivity index (χ2v) is 7.37. The molecule has 4 rings (SSSR count). The molecule has 2 aromatic rings. The van der Waals surface area contributed by atoms with Gasteiger partial charge in [0.25, 0.3) is 5.91 Å². The lowest BCUT2D eigenvalue weighted by Crippen LogP contribution is -2.36. The summed E-state index contributed by atoms with van der Waals surface area (Å²) in [6.45, 7) is 4.33. The number of amides is 1. The minimum atomic E-state index is -0.514. The van der Waals surface area contributed by atoms with Gasteiger partial charge in [-0.1, -0.05) is 18.2 Å². The molecule has 0 saturated heterocycles. The van der Waals surface area contributed by atoms with Gasteiger partial charge in [0.2, 0.25) is 0 Å². The van der Waals surface area contributed by atoms with Crippen LogP contribution in [0.4, 0.5) is 0 Å². The Morgan fingerprint density at radius 2 is 1.96 bits per heavy atom. The highest BCUT2D eigenvalue weighted by Crippen LogP contribution is 2.34. The monoisotopic (exact) mass is 351 g/mol. The maximum Gasteiger partial charge on any atom is 0.251 e. The Labute approximate surface area is 152 Å². The largest absolute Gasteiger partial charge is 0.493 e. The normalized spacial score (nSPS) is 20.2. The topological polar surface area (TPSA) is 64.6 Å². The van der Waals surface area contributed by atoms with Crippen LogP contribution < -0.4 is 14.8 Å². The molecule has 2 aliphatic rings. The number of ketones is 1. The molecule has 0 radical (unpaired) electrons. The first-order chi connectivity index (χ1) is 12.4. The summed E-state index contributed by atoms with van der Waals surface area (Å²) in [5.41, 5.74) is 1.40. The SMILES string of the molecule is CC1(C)CC(=O)c2cc(C(=O)NC3CCOc4ccccc43)ccc2O1. The van der Waals surface area contributed by atoms with Gasteiger partial charge in [-0.3, -0.25) is 9.59 Å². The Kier molecular flexibility index (Phi) is 3.94. The summed E-state index contributed by atoms with van der Waals surface area (Å²) in [6, 6.07) is 12.7. The van der Waals surface area contributed by atoms with E-state index in [9.17, 15) is 9.59 Å². The van der Waals surface area contributed by atoms with E-state index in [1.165, 1.54) is 0 Å². The molecule has 1 amide bonds. The lowest BCUT2D eigenvalue weighted by molar-refractivity contribution is 0.0620. The Morgan fingerprint density at radius 3 is 2.81 bits per heavy atom. The van der Waals surface area contributed by atoms with E-state index in [-0.39, 0.29) is 17.7 Å². The zero-order valence-electron chi connectivity index (χ0n) is 14.9. The predicted molar refractivity (Wildman–Crippen MR) is 96.9 cm³/mol. The van der Waals surface area contributed by atoms with Gasteiger partial charge in [-0.25, -0.2) is 0 Å². The van der Waals surface area contributed by atoms with Gasteiger partial charge in [0.05, 0.1) is 24.6 Å². The Hall–Kier alpha value is -2.82. The summed E-state index contributed by atoms with van der Waals surface area (Å²) in [4.78, 5) is 25.1. The van der Waals surface area contributed by atoms with Gasteiger partial charge in [0.15, 0.2) is 5.78 Å². The van der Waals surface area contributed by atoms with E-state index in [0.717, 1.165) is 11.3 Å². The second-order valence-electron chi connectivity index (χ2n) is 7.37. The number of nitrogens with one attached hydrogen (secondary N) is 1. The van der Waals surface area contributed by atoms with Gasteiger partial charge in [-0.05, 0) is 38.1 Å². The van der Waals surface area contributed by atoms with Crippen molar-refractivity contribution in [3.63, 3.8) is 0 Å². The van der Waals surface area contributed by atoms with Crippen LogP contribution in [0.3, 0.4) is 0 Å². The summed E-state index contributed by atoms with van der Waals surface area (Å²) in [6.07, 6.45) is 1.02. The average molecular weight is 351 g/mol. The number of Topliss-reactive ketones (excluding diaryl/α,β-unsaturated/α-hetero) is 1. The molecule has 1 atom stereocenters. The van der Waals surface area contributed by atoms with Crippen molar-refractivity contribution < 1.29 is 19.1 Å². The molecule has 0 spiro atoms. The number of hydrogen-bond acceptors (Lipinski definition) is 4. The molecule has 134 valence electrons. The van der Waals surface area contributed by atoms with Crippen LogP contribution in [0.25, 0.3) is 0 Å². The van der Waals surface area contributed by atoms with Gasteiger partial charge < -0.3 is 14.8 Å². The third kappa shape index (κ3) is 3.05. The number of hydrogen-bond donors (Lipinski definition) is 1. The molecular weight excluding hydrogens is 330 g/mol. The summed E-state index contributed by atoms with van der Waals surface area (Å²) < 4.78 is 11.5. The Morgan fingerprint density at radius 1 is 1.15 bits per heavy atom. The van der Waals surface area contributed by atoms with Crippen LogP contribution >= 0.6 is 0 Å². The maximum absolute atomic E-state index is 12.7. The Bertz CT molecular complexity index is 887. The van der Waals surface area contributed by atoms with Gasteiger partial charge in [0.1, 0.15) is 17.1 Å². The van der Waals surface area contributed by atoms with Crippen LogP contribution in [0, 0.1) is 0 Å².